The maximum atomic E-state index is 9.31. The third-order valence-corrected chi connectivity index (χ3v) is 2.48. The lowest BCUT2D eigenvalue weighted by atomic mass is 10.1. The Morgan fingerprint density at radius 3 is 2.80 bits per heavy atom. The van der Waals surface area contributed by atoms with E-state index in [1.54, 1.807) is 24.4 Å². The van der Waals surface area contributed by atoms with Gasteiger partial charge in [-0.3, -0.25) is 0 Å². The van der Waals surface area contributed by atoms with Gasteiger partial charge < -0.3 is 10.8 Å². The fraction of sp³-hybridized carbons (Fsp3) is 0. The molecule has 1 aromatic heterocycles. The smallest absolute Gasteiger partial charge is 0.156 e. The van der Waals surface area contributed by atoms with E-state index in [-0.39, 0.29) is 5.75 Å². The van der Waals surface area contributed by atoms with Crippen molar-refractivity contribution in [2.24, 2.45) is 0 Å². The van der Waals surface area contributed by atoms with Gasteiger partial charge in [0.2, 0.25) is 0 Å². The molecule has 3 N–H and O–H groups in total. The van der Waals surface area contributed by atoms with Gasteiger partial charge in [0.1, 0.15) is 10.4 Å². The van der Waals surface area contributed by atoms with Crippen LogP contribution in [0.5, 0.6) is 5.75 Å². The maximum Gasteiger partial charge on any atom is 0.156 e. The van der Waals surface area contributed by atoms with Crippen molar-refractivity contribution in [2.45, 2.75) is 0 Å². The number of halogens is 1. The van der Waals surface area contributed by atoms with E-state index in [2.05, 4.69) is 25.9 Å². The normalized spacial score (nSPS) is 10.2. The molecule has 0 aliphatic heterocycles. The third kappa shape index (κ3) is 2.07. The summed E-state index contributed by atoms with van der Waals surface area (Å²) < 4.78 is 0.503. The Kier molecular flexibility index (Phi) is 2.55. The number of aromatic nitrogens is 2. The van der Waals surface area contributed by atoms with Gasteiger partial charge in [-0.1, -0.05) is 12.1 Å². The van der Waals surface area contributed by atoms with Gasteiger partial charge in [-0.05, 0) is 28.1 Å². The Hall–Kier alpha value is -1.62. The first kappa shape index (κ1) is 9.92. The lowest BCUT2D eigenvalue weighted by Crippen LogP contribution is -1.95. The van der Waals surface area contributed by atoms with Crippen LogP contribution < -0.4 is 5.73 Å². The van der Waals surface area contributed by atoms with Crippen molar-refractivity contribution in [3.63, 3.8) is 0 Å². The minimum Gasteiger partial charge on any atom is -0.508 e. The van der Waals surface area contributed by atoms with Crippen LogP contribution in [0.15, 0.2) is 35.1 Å². The molecule has 0 aliphatic rings. The van der Waals surface area contributed by atoms with Crippen LogP contribution in [0, 0.1) is 0 Å². The topological polar surface area (TPSA) is 72.0 Å². The fourth-order valence-corrected chi connectivity index (χ4v) is 1.47. The average molecular weight is 266 g/mol. The van der Waals surface area contributed by atoms with Gasteiger partial charge in [-0.25, -0.2) is 9.97 Å². The van der Waals surface area contributed by atoms with Crippen molar-refractivity contribution in [3.8, 4) is 17.0 Å². The quantitative estimate of drug-likeness (QED) is 0.829. The van der Waals surface area contributed by atoms with Crippen molar-refractivity contribution >= 4 is 21.7 Å². The van der Waals surface area contributed by atoms with E-state index in [1.807, 2.05) is 6.07 Å². The summed E-state index contributed by atoms with van der Waals surface area (Å²) in [4.78, 5) is 8.17. The zero-order valence-electron chi connectivity index (χ0n) is 7.68. The lowest BCUT2D eigenvalue weighted by molar-refractivity contribution is 0.475. The number of rotatable bonds is 1. The second-order valence-electron chi connectivity index (χ2n) is 2.98. The van der Waals surface area contributed by atoms with Gasteiger partial charge in [0.15, 0.2) is 5.82 Å². The first-order chi connectivity index (χ1) is 7.16. The van der Waals surface area contributed by atoms with Crippen molar-refractivity contribution in [1.82, 2.24) is 9.97 Å². The van der Waals surface area contributed by atoms with Gasteiger partial charge >= 0.3 is 0 Å². The molecule has 2 aromatic rings. The number of anilines is 1. The lowest BCUT2D eigenvalue weighted by Gasteiger charge is -2.02. The van der Waals surface area contributed by atoms with Crippen LogP contribution in [0.3, 0.4) is 0 Å². The molecule has 0 bridgehead atoms. The van der Waals surface area contributed by atoms with Crippen LogP contribution in [0.4, 0.5) is 5.82 Å². The van der Waals surface area contributed by atoms with E-state index in [0.717, 1.165) is 5.56 Å². The fourth-order valence-electron chi connectivity index (χ4n) is 1.18. The Balaban J connectivity index is 2.50. The summed E-state index contributed by atoms with van der Waals surface area (Å²) in [5, 5.41) is 9.31. The molecule has 4 nitrogen and oxygen atoms in total. The summed E-state index contributed by atoms with van der Waals surface area (Å²) in [5.41, 5.74) is 6.98. The molecule has 0 atom stereocenters. The number of benzene rings is 1. The monoisotopic (exact) mass is 265 g/mol. The molecule has 0 saturated carbocycles. The number of nitrogens with two attached hydrogens (primary N) is 1. The summed E-state index contributed by atoms with van der Waals surface area (Å²) >= 11 is 3.20. The van der Waals surface area contributed by atoms with E-state index < -0.39 is 0 Å². The third-order valence-electron chi connectivity index (χ3n) is 1.90. The molecule has 76 valence electrons. The summed E-state index contributed by atoms with van der Waals surface area (Å²) in [7, 11) is 0. The van der Waals surface area contributed by atoms with Gasteiger partial charge in [-0.2, -0.15) is 0 Å². The van der Waals surface area contributed by atoms with Gasteiger partial charge in [0.05, 0.1) is 11.9 Å². The van der Waals surface area contributed by atoms with Crippen molar-refractivity contribution in [3.05, 3.63) is 35.1 Å². The highest BCUT2D eigenvalue weighted by atomic mass is 79.9. The summed E-state index contributed by atoms with van der Waals surface area (Å²) in [5.74, 6) is 0.543. The number of nitrogen functional groups attached to an aromatic ring is 1. The van der Waals surface area contributed by atoms with Gasteiger partial charge in [0, 0.05) is 5.56 Å². The zero-order chi connectivity index (χ0) is 10.8. The number of aromatic hydroxyl groups is 1. The highest BCUT2D eigenvalue weighted by Crippen LogP contribution is 2.23. The summed E-state index contributed by atoms with van der Waals surface area (Å²) in [6, 6.07) is 6.80. The number of hydrogen-bond acceptors (Lipinski definition) is 4. The summed E-state index contributed by atoms with van der Waals surface area (Å²) in [6.07, 6.45) is 1.56. The standard InChI is InChI=1S/C10H8BrN3O/c11-9-10(12)13-5-8(14-9)6-2-1-3-7(15)4-6/h1-5,15H,(H2,12,13). The number of nitrogens with zero attached hydrogens (tertiary/aromatic N) is 2. The molecular formula is C10H8BrN3O. The first-order valence-corrected chi connectivity index (χ1v) is 5.03. The van der Waals surface area contributed by atoms with Crippen LogP contribution in [0.1, 0.15) is 0 Å². The van der Waals surface area contributed by atoms with Gasteiger partial charge in [-0.15, -0.1) is 0 Å². The molecule has 1 aromatic carbocycles. The van der Waals surface area contributed by atoms with E-state index in [9.17, 15) is 5.11 Å². The van der Waals surface area contributed by atoms with Crippen molar-refractivity contribution < 1.29 is 5.11 Å². The van der Waals surface area contributed by atoms with Crippen LogP contribution in [0.2, 0.25) is 0 Å². The van der Waals surface area contributed by atoms with Crippen molar-refractivity contribution in [2.75, 3.05) is 5.73 Å². The largest absolute Gasteiger partial charge is 0.508 e. The molecule has 0 aliphatic carbocycles. The molecule has 0 radical (unpaired) electrons. The maximum absolute atomic E-state index is 9.31. The number of phenolic OH excluding ortho intramolecular Hbond substituents is 1. The van der Waals surface area contributed by atoms with Crippen LogP contribution in [-0.4, -0.2) is 15.1 Å². The molecule has 5 heteroatoms. The molecular weight excluding hydrogens is 258 g/mol. The predicted molar refractivity (Wildman–Crippen MR) is 61.2 cm³/mol. The minimum absolute atomic E-state index is 0.197. The van der Waals surface area contributed by atoms with E-state index in [0.29, 0.717) is 16.1 Å². The molecule has 0 fully saturated rings. The molecule has 0 spiro atoms. The predicted octanol–water partition coefficient (Wildman–Crippen LogP) is 2.19. The Morgan fingerprint density at radius 1 is 1.33 bits per heavy atom. The Labute approximate surface area is 94.9 Å². The highest BCUT2D eigenvalue weighted by Gasteiger charge is 2.04. The SMILES string of the molecule is Nc1ncc(-c2cccc(O)c2)nc1Br. The average Bonchev–Trinajstić information content (AvgIpc) is 2.22. The van der Waals surface area contributed by atoms with Crippen LogP contribution in [-0.2, 0) is 0 Å². The molecule has 2 rings (SSSR count). The summed E-state index contributed by atoms with van der Waals surface area (Å²) in [6.45, 7) is 0. The second-order valence-corrected chi connectivity index (χ2v) is 3.73. The highest BCUT2D eigenvalue weighted by molar-refractivity contribution is 9.10. The molecule has 15 heavy (non-hydrogen) atoms. The van der Waals surface area contributed by atoms with Crippen LogP contribution >= 0.6 is 15.9 Å². The van der Waals surface area contributed by atoms with Gasteiger partial charge in [0.25, 0.3) is 0 Å². The van der Waals surface area contributed by atoms with E-state index in [1.165, 1.54) is 0 Å². The Morgan fingerprint density at radius 2 is 2.13 bits per heavy atom. The second kappa shape index (κ2) is 3.86. The molecule has 0 saturated heterocycles. The van der Waals surface area contributed by atoms with Crippen LogP contribution in [0.25, 0.3) is 11.3 Å². The number of phenols is 1. The van der Waals surface area contributed by atoms with E-state index in [4.69, 9.17) is 5.73 Å². The molecule has 0 unspecified atom stereocenters. The Bertz CT molecular complexity index is 502. The number of hydrogen-bond donors (Lipinski definition) is 2. The molecule has 0 amide bonds. The van der Waals surface area contributed by atoms with E-state index >= 15 is 0 Å². The van der Waals surface area contributed by atoms with Crippen molar-refractivity contribution in [1.29, 1.82) is 0 Å². The molecule has 1 heterocycles. The first-order valence-electron chi connectivity index (χ1n) is 4.24. The zero-order valence-corrected chi connectivity index (χ0v) is 9.27. The minimum atomic E-state index is 0.197.